The van der Waals surface area contributed by atoms with Gasteiger partial charge in [-0.05, 0) is 37.8 Å². The summed E-state index contributed by atoms with van der Waals surface area (Å²) < 4.78 is 29.2. The van der Waals surface area contributed by atoms with E-state index in [4.69, 9.17) is 11.6 Å². The van der Waals surface area contributed by atoms with E-state index < -0.39 is 6.61 Å². The molecule has 1 saturated heterocycles. The molecule has 1 unspecified atom stereocenters. The van der Waals surface area contributed by atoms with Crippen LogP contribution in [0.5, 0.6) is 5.75 Å². The zero-order chi connectivity index (χ0) is 15.4. The number of hydrogen-bond donors (Lipinski definition) is 0. The zero-order valence-corrected chi connectivity index (χ0v) is 12.5. The Morgan fingerprint density at radius 1 is 1.33 bits per heavy atom. The highest BCUT2D eigenvalue weighted by atomic mass is 35.5. The summed E-state index contributed by atoms with van der Waals surface area (Å²) in [7, 11) is 0. The van der Waals surface area contributed by atoms with Crippen molar-refractivity contribution in [3.63, 3.8) is 0 Å². The monoisotopic (exact) mass is 317 g/mol. The summed E-state index contributed by atoms with van der Waals surface area (Å²) in [4.78, 5) is 14.1. The van der Waals surface area contributed by atoms with Crippen LogP contribution in [-0.2, 0) is 0 Å². The minimum Gasteiger partial charge on any atom is -0.434 e. The molecule has 0 spiro atoms. The molecule has 2 rings (SSSR count). The summed E-state index contributed by atoms with van der Waals surface area (Å²) in [5, 5.41) is 0.0803. The highest BCUT2D eigenvalue weighted by Gasteiger charge is 2.27. The van der Waals surface area contributed by atoms with Gasteiger partial charge in [0.2, 0.25) is 0 Å². The van der Waals surface area contributed by atoms with Crippen LogP contribution in [0.25, 0.3) is 0 Å². The lowest BCUT2D eigenvalue weighted by molar-refractivity contribution is -0.0503. The predicted molar refractivity (Wildman–Crippen MR) is 77.0 cm³/mol. The van der Waals surface area contributed by atoms with Crippen LogP contribution in [0.1, 0.15) is 30.1 Å². The molecule has 1 aromatic carbocycles. The van der Waals surface area contributed by atoms with Crippen molar-refractivity contribution >= 4 is 17.5 Å². The van der Waals surface area contributed by atoms with Crippen LogP contribution in [0, 0.1) is 5.92 Å². The second-order valence-corrected chi connectivity index (χ2v) is 5.87. The van der Waals surface area contributed by atoms with Crippen molar-refractivity contribution in [1.29, 1.82) is 0 Å². The number of piperidine rings is 1. The Morgan fingerprint density at radius 3 is 2.52 bits per heavy atom. The largest absolute Gasteiger partial charge is 0.434 e. The van der Waals surface area contributed by atoms with Crippen molar-refractivity contribution in [2.45, 2.75) is 31.8 Å². The maximum Gasteiger partial charge on any atom is 0.387 e. The number of amides is 1. The SMILES string of the molecule is CC(Cl)C1CCN(C(=O)c2ccccc2OC(F)F)CC1. The Hall–Kier alpha value is -1.36. The van der Waals surface area contributed by atoms with Gasteiger partial charge in [0.05, 0.1) is 5.56 Å². The molecular formula is C15H18ClF2NO2. The Morgan fingerprint density at radius 2 is 1.95 bits per heavy atom. The van der Waals surface area contributed by atoms with Crippen molar-refractivity contribution in [3.05, 3.63) is 29.8 Å². The van der Waals surface area contributed by atoms with Crippen molar-refractivity contribution in [1.82, 2.24) is 4.90 Å². The first-order chi connectivity index (χ1) is 9.99. The van der Waals surface area contributed by atoms with E-state index in [1.165, 1.54) is 12.1 Å². The average molecular weight is 318 g/mol. The van der Waals surface area contributed by atoms with Gasteiger partial charge in [-0.25, -0.2) is 0 Å². The first-order valence-corrected chi connectivity index (χ1v) is 7.40. The van der Waals surface area contributed by atoms with Crippen molar-refractivity contribution in [2.75, 3.05) is 13.1 Å². The minimum atomic E-state index is -2.94. The third kappa shape index (κ3) is 4.06. The Kier molecular flexibility index (Phi) is 5.39. The maximum absolute atomic E-state index is 12.4. The summed E-state index contributed by atoms with van der Waals surface area (Å²) in [6.45, 7) is 0.185. The van der Waals surface area contributed by atoms with Crippen molar-refractivity contribution in [3.8, 4) is 5.75 Å². The molecular weight excluding hydrogens is 300 g/mol. The molecule has 0 saturated carbocycles. The third-order valence-corrected chi connectivity index (χ3v) is 4.17. The second-order valence-electron chi connectivity index (χ2n) is 5.18. The summed E-state index contributed by atoms with van der Waals surface area (Å²) in [5.41, 5.74) is 0.176. The smallest absolute Gasteiger partial charge is 0.387 e. The fourth-order valence-electron chi connectivity index (χ4n) is 2.57. The molecule has 21 heavy (non-hydrogen) atoms. The van der Waals surface area contributed by atoms with E-state index in [-0.39, 0.29) is 22.6 Å². The van der Waals surface area contributed by atoms with E-state index in [0.717, 1.165) is 12.8 Å². The molecule has 0 aliphatic carbocycles. The number of para-hydroxylation sites is 1. The number of nitrogens with zero attached hydrogens (tertiary/aromatic N) is 1. The van der Waals surface area contributed by atoms with Crippen molar-refractivity contribution in [2.24, 2.45) is 5.92 Å². The average Bonchev–Trinajstić information content (AvgIpc) is 2.46. The molecule has 3 nitrogen and oxygen atoms in total. The Labute approximate surface area is 127 Å². The quantitative estimate of drug-likeness (QED) is 0.791. The summed E-state index contributed by atoms with van der Waals surface area (Å²) in [5.74, 6) is 0.0422. The van der Waals surface area contributed by atoms with Gasteiger partial charge in [-0.2, -0.15) is 8.78 Å². The summed E-state index contributed by atoms with van der Waals surface area (Å²) in [6.07, 6.45) is 1.66. The molecule has 1 atom stereocenters. The standard InChI is InChI=1S/C15H18ClF2NO2/c1-10(16)11-6-8-19(9-7-11)14(20)12-4-2-3-5-13(12)21-15(17)18/h2-5,10-11,15H,6-9H2,1H3. The number of halogens is 3. The number of carbonyl (C=O) groups is 1. The highest BCUT2D eigenvalue weighted by molar-refractivity contribution is 6.20. The van der Waals surface area contributed by atoms with Crippen LogP contribution in [0.4, 0.5) is 8.78 Å². The fraction of sp³-hybridized carbons (Fsp3) is 0.533. The van der Waals surface area contributed by atoms with E-state index in [0.29, 0.717) is 19.0 Å². The van der Waals surface area contributed by atoms with Crippen LogP contribution in [0.2, 0.25) is 0 Å². The van der Waals surface area contributed by atoms with Gasteiger partial charge in [-0.1, -0.05) is 12.1 Å². The molecule has 1 aliphatic rings. The lowest BCUT2D eigenvalue weighted by Gasteiger charge is -2.33. The number of rotatable bonds is 4. The number of alkyl halides is 3. The molecule has 1 aromatic rings. The van der Waals surface area contributed by atoms with Crippen molar-refractivity contribution < 1.29 is 18.3 Å². The number of hydrogen-bond acceptors (Lipinski definition) is 2. The molecule has 0 aromatic heterocycles. The maximum atomic E-state index is 12.4. The predicted octanol–water partition coefficient (Wildman–Crippen LogP) is 3.77. The summed E-state index contributed by atoms with van der Waals surface area (Å²) >= 11 is 6.08. The molecule has 0 radical (unpaired) electrons. The fourth-order valence-corrected chi connectivity index (χ4v) is 2.83. The number of likely N-dealkylation sites (tertiary alicyclic amines) is 1. The van der Waals surface area contributed by atoms with Gasteiger partial charge >= 0.3 is 6.61 Å². The van der Waals surface area contributed by atoms with E-state index >= 15 is 0 Å². The van der Waals surface area contributed by atoms with Gasteiger partial charge < -0.3 is 9.64 Å². The molecule has 116 valence electrons. The topological polar surface area (TPSA) is 29.5 Å². The van der Waals surface area contributed by atoms with Crippen LogP contribution >= 0.6 is 11.6 Å². The lowest BCUT2D eigenvalue weighted by atomic mass is 9.93. The van der Waals surface area contributed by atoms with Gasteiger partial charge in [-0.3, -0.25) is 4.79 Å². The van der Waals surface area contributed by atoms with Gasteiger partial charge in [0.15, 0.2) is 0 Å². The molecule has 0 bridgehead atoms. The normalized spacial score (nSPS) is 17.9. The third-order valence-electron chi connectivity index (χ3n) is 3.81. The van der Waals surface area contributed by atoms with Crippen LogP contribution in [-0.4, -0.2) is 35.9 Å². The molecule has 6 heteroatoms. The second kappa shape index (κ2) is 7.07. The van der Waals surface area contributed by atoms with Gasteiger partial charge in [0.1, 0.15) is 5.75 Å². The van der Waals surface area contributed by atoms with E-state index in [2.05, 4.69) is 4.74 Å². The first-order valence-electron chi connectivity index (χ1n) is 6.96. The number of carbonyl (C=O) groups excluding carboxylic acids is 1. The van der Waals surface area contributed by atoms with E-state index in [9.17, 15) is 13.6 Å². The molecule has 0 N–H and O–H groups in total. The van der Waals surface area contributed by atoms with Gasteiger partial charge in [0.25, 0.3) is 5.91 Å². The molecule has 1 fully saturated rings. The summed E-state index contributed by atoms with van der Waals surface area (Å²) in [6, 6.07) is 6.10. The van der Waals surface area contributed by atoms with Crippen LogP contribution < -0.4 is 4.74 Å². The first kappa shape index (κ1) is 16.0. The van der Waals surface area contributed by atoms with Crippen LogP contribution in [0.15, 0.2) is 24.3 Å². The lowest BCUT2D eigenvalue weighted by Crippen LogP contribution is -2.40. The van der Waals surface area contributed by atoms with Crippen LogP contribution in [0.3, 0.4) is 0 Å². The van der Waals surface area contributed by atoms with Gasteiger partial charge in [-0.15, -0.1) is 11.6 Å². The van der Waals surface area contributed by atoms with Gasteiger partial charge in [0, 0.05) is 18.5 Å². The zero-order valence-electron chi connectivity index (χ0n) is 11.8. The van der Waals surface area contributed by atoms with E-state index in [1.54, 1.807) is 17.0 Å². The highest BCUT2D eigenvalue weighted by Crippen LogP contribution is 2.27. The minimum absolute atomic E-state index is 0.0784. The Balaban J connectivity index is 2.07. The number of ether oxygens (including phenoxy) is 1. The molecule has 1 heterocycles. The molecule has 1 aliphatic heterocycles. The van der Waals surface area contributed by atoms with E-state index in [1.807, 2.05) is 6.92 Å². The Bertz CT molecular complexity index is 488. The molecule has 1 amide bonds. The number of benzene rings is 1.